The van der Waals surface area contributed by atoms with Gasteiger partial charge in [-0.3, -0.25) is 0 Å². The number of rotatable bonds is 2. The molecule has 0 spiro atoms. The summed E-state index contributed by atoms with van der Waals surface area (Å²) >= 11 is 0. The van der Waals surface area contributed by atoms with Crippen molar-refractivity contribution >= 4 is 0 Å². The summed E-state index contributed by atoms with van der Waals surface area (Å²) < 4.78 is 10.6. The van der Waals surface area contributed by atoms with Gasteiger partial charge in [0.15, 0.2) is 0 Å². The van der Waals surface area contributed by atoms with E-state index < -0.39 is 0 Å². The Balaban J connectivity index is 0.000000232. The molecule has 0 saturated heterocycles. The summed E-state index contributed by atoms with van der Waals surface area (Å²) in [5.74, 6) is 1.98. The van der Waals surface area contributed by atoms with Crippen LogP contribution in [0.25, 0.3) is 0 Å². The Morgan fingerprint density at radius 1 is 0.842 bits per heavy atom. The van der Waals surface area contributed by atoms with E-state index in [4.69, 9.17) is 9.47 Å². The lowest BCUT2D eigenvalue weighted by atomic mass is 10.0. The Morgan fingerprint density at radius 2 is 1.32 bits per heavy atom. The summed E-state index contributed by atoms with van der Waals surface area (Å²) in [4.78, 5) is 0. The van der Waals surface area contributed by atoms with Crippen molar-refractivity contribution in [1.82, 2.24) is 0 Å². The van der Waals surface area contributed by atoms with Crippen LogP contribution in [0.3, 0.4) is 0 Å². The number of fused-ring (bicyclic) bond motifs is 2. The van der Waals surface area contributed by atoms with Crippen LogP contribution in [0, 0.1) is 0 Å². The summed E-state index contributed by atoms with van der Waals surface area (Å²) in [6.07, 6.45) is 0.979. The lowest BCUT2D eigenvalue weighted by Gasteiger charge is -2.19. The summed E-state index contributed by atoms with van der Waals surface area (Å²) in [5.41, 5.74) is 2.54. The average Bonchev–Trinajstić information content (AvgIpc) is 2.46. The highest BCUT2D eigenvalue weighted by Crippen LogP contribution is 2.35. The van der Waals surface area contributed by atoms with Crippen LogP contribution in [0.15, 0.2) is 48.5 Å². The molecule has 2 heteroatoms. The lowest BCUT2D eigenvalue weighted by molar-refractivity contribution is 0.162. The monoisotopic (exact) mass is 256 g/mol. The van der Waals surface area contributed by atoms with E-state index in [0.29, 0.717) is 0 Å². The summed E-state index contributed by atoms with van der Waals surface area (Å²) in [5, 5.41) is 0. The minimum atomic E-state index is 0.844. The van der Waals surface area contributed by atoms with Crippen molar-refractivity contribution in [2.45, 2.75) is 20.3 Å². The number of benzene rings is 2. The summed E-state index contributed by atoms with van der Waals surface area (Å²) in [7, 11) is 0. The highest BCUT2D eigenvalue weighted by molar-refractivity contribution is 5.49. The molecular formula is C17H20O2. The van der Waals surface area contributed by atoms with E-state index in [1.54, 1.807) is 0 Å². The molecule has 0 radical (unpaired) electrons. The molecule has 2 nitrogen and oxygen atoms in total. The van der Waals surface area contributed by atoms with Gasteiger partial charge in [0.25, 0.3) is 0 Å². The number of hydrogen-bond donors (Lipinski definition) is 0. The molecule has 0 aromatic heterocycles. The van der Waals surface area contributed by atoms with Crippen molar-refractivity contribution in [2.24, 2.45) is 0 Å². The van der Waals surface area contributed by atoms with Crippen molar-refractivity contribution in [3.8, 4) is 11.5 Å². The van der Waals surface area contributed by atoms with Gasteiger partial charge in [0.2, 0.25) is 0 Å². The van der Waals surface area contributed by atoms with Crippen LogP contribution in [0.2, 0.25) is 0 Å². The van der Waals surface area contributed by atoms with Crippen molar-refractivity contribution in [1.29, 1.82) is 0 Å². The topological polar surface area (TPSA) is 18.5 Å². The van der Waals surface area contributed by atoms with Gasteiger partial charge in [-0.2, -0.15) is 0 Å². The van der Waals surface area contributed by atoms with Gasteiger partial charge in [-0.1, -0.05) is 36.4 Å². The van der Waals surface area contributed by atoms with Gasteiger partial charge < -0.3 is 9.47 Å². The van der Waals surface area contributed by atoms with Gasteiger partial charge in [0.05, 0.1) is 0 Å². The van der Waals surface area contributed by atoms with E-state index in [2.05, 4.69) is 24.3 Å². The van der Waals surface area contributed by atoms with Crippen LogP contribution in [0.1, 0.15) is 25.0 Å². The molecule has 100 valence electrons. The fourth-order valence-corrected chi connectivity index (χ4v) is 2.03. The van der Waals surface area contributed by atoms with Crippen LogP contribution < -0.4 is 4.74 Å². The minimum absolute atomic E-state index is 0.844. The van der Waals surface area contributed by atoms with Crippen LogP contribution in [0.5, 0.6) is 11.5 Å². The third-order valence-electron chi connectivity index (χ3n) is 2.95. The predicted molar refractivity (Wildman–Crippen MR) is 77.9 cm³/mol. The Bertz CT molecular complexity index is 431. The quantitative estimate of drug-likeness (QED) is 0.675. The smallest absolute Gasteiger partial charge is 0.130 e. The van der Waals surface area contributed by atoms with Gasteiger partial charge in [-0.25, -0.2) is 0 Å². The number of ether oxygens (including phenoxy) is 2. The van der Waals surface area contributed by atoms with Crippen molar-refractivity contribution in [3.63, 3.8) is 0 Å². The second-order valence-electron chi connectivity index (χ2n) is 4.28. The van der Waals surface area contributed by atoms with Crippen LogP contribution in [-0.2, 0) is 11.2 Å². The van der Waals surface area contributed by atoms with E-state index >= 15 is 0 Å². The van der Waals surface area contributed by atoms with Crippen LogP contribution >= 0.6 is 0 Å². The molecule has 1 aliphatic heterocycles. The molecule has 2 aromatic carbocycles. The largest absolute Gasteiger partial charge is 0.457 e. The normalized spacial score (nSPS) is 11.5. The molecular weight excluding hydrogens is 236 g/mol. The molecule has 1 aliphatic rings. The first-order valence-corrected chi connectivity index (χ1v) is 6.76. The van der Waals surface area contributed by atoms with Gasteiger partial charge in [-0.05, 0) is 37.1 Å². The van der Waals surface area contributed by atoms with Gasteiger partial charge in [0.1, 0.15) is 11.5 Å². The highest BCUT2D eigenvalue weighted by atomic mass is 16.5. The zero-order valence-corrected chi connectivity index (χ0v) is 11.6. The van der Waals surface area contributed by atoms with Gasteiger partial charge in [-0.15, -0.1) is 0 Å². The zero-order chi connectivity index (χ0) is 13.5. The summed E-state index contributed by atoms with van der Waals surface area (Å²) in [6, 6.07) is 16.4. The van der Waals surface area contributed by atoms with Gasteiger partial charge >= 0.3 is 0 Å². The molecule has 0 bridgehead atoms. The third kappa shape index (κ3) is 3.58. The Morgan fingerprint density at radius 3 is 1.74 bits per heavy atom. The Kier molecular flexibility index (Phi) is 4.99. The molecule has 0 N–H and O–H groups in total. The van der Waals surface area contributed by atoms with E-state index in [9.17, 15) is 0 Å². The first kappa shape index (κ1) is 13.6. The van der Waals surface area contributed by atoms with E-state index in [1.165, 1.54) is 11.1 Å². The minimum Gasteiger partial charge on any atom is -0.457 e. The van der Waals surface area contributed by atoms with Crippen molar-refractivity contribution < 1.29 is 9.47 Å². The fourth-order valence-electron chi connectivity index (χ4n) is 2.03. The van der Waals surface area contributed by atoms with Crippen molar-refractivity contribution in [3.05, 3.63) is 59.7 Å². The molecule has 19 heavy (non-hydrogen) atoms. The van der Waals surface area contributed by atoms with Gasteiger partial charge in [0, 0.05) is 19.6 Å². The first-order chi connectivity index (χ1) is 9.35. The standard InChI is InChI=1S/C13H10O.C4H10O/c1-3-7-12-10(5-1)9-11-6-2-4-8-13(11)14-12;1-3-5-4-2/h1-8H,9H2;3-4H2,1-2H3. The third-order valence-corrected chi connectivity index (χ3v) is 2.95. The summed E-state index contributed by atoms with van der Waals surface area (Å²) in [6.45, 7) is 5.67. The van der Waals surface area contributed by atoms with Crippen molar-refractivity contribution in [2.75, 3.05) is 13.2 Å². The van der Waals surface area contributed by atoms with Crippen LogP contribution in [0.4, 0.5) is 0 Å². The maximum Gasteiger partial charge on any atom is 0.130 e. The molecule has 1 heterocycles. The Labute approximate surface area is 115 Å². The Hall–Kier alpha value is -1.80. The highest BCUT2D eigenvalue weighted by Gasteiger charge is 2.14. The second kappa shape index (κ2) is 6.95. The molecule has 0 unspecified atom stereocenters. The molecule has 0 atom stereocenters. The number of para-hydroxylation sites is 2. The molecule has 0 fully saturated rings. The number of hydrogen-bond acceptors (Lipinski definition) is 2. The predicted octanol–water partition coefficient (Wildman–Crippen LogP) is 4.43. The van der Waals surface area contributed by atoms with Crippen LogP contribution in [-0.4, -0.2) is 13.2 Å². The van der Waals surface area contributed by atoms with E-state index in [0.717, 1.165) is 31.1 Å². The van der Waals surface area contributed by atoms with E-state index in [-0.39, 0.29) is 0 Å². The fraction of sp³-hybridized carbons (Fsp3) is 0.294. The lowest BCUT2D eigenvalue weighted by Crippen LogP contribution is -2.01. The molecule has 3 rings (SSSR count). The zero-order valence-electron chi connectivity index (χ0n) is 11.6. The molecule has 0 saturated carbocycles. The maximum absolute atomic E-state index is 5.78. The molecule has 2 aromatic rings. The second-order valence-corrected chi connectivity index (χ2v) is 4.28. The maximum atomic E-state index is 5.78. The van der Waals surface area contributed by atoms with E-state index in [1.807, 2.05) is 38.1 Å². The molecule has 0 amide bonds. The SMILES string of the molecule is CCOCC.c1ccc2c(c1)Cc1ccccc1O2. The molecule has 0 aliphatic carbocycles. The first-order valence-electron chi connectivity index (χ1n) is 6.76. The average molecular weight is 256 g/mol.